The molecule has 0 spiro atoms. The van der Waals surface area contributed by atoms with Crippen LogP contribution in [-0.4, -0.2) is 43.6 Å². The lowest BCUT2D eigenvalue weighted by Gasteiger charge is -2.26. The number of amides is 2. The standard InChI is InChI=1S/C19H25N5O3/c1-4-14(3)20-16(25)12-24-19(27)23-9-8-22(18(26)17(23)21-24)11-15-7-5-6-13(2)10-15/h5-7,10,14H,4,8-9,11-12H2,1-3H3,(H,20,25)/t14-/m0/s1. The van der Waals surface area contributed by atoms with E-state index in [1.54, 1.807) is 4.90 Å². The summed E-state index contributed by atoms with van der Waals surface area (Å²) in [5, 5.41) is 6.93. The third-order valence-corrected chi connectivity index (χ3v) is 4.76. The Morgan fingerprint density at radius 3 is 2.78 bits per heavy atom. The fourth-order valence-electron chi connectivity index (χ4n) is 3.11. The molecule has 0 bridgehead atoms. The number of hydrogen-bond donors (Lipinski definition) is 1. The van der Waals surface area contributed by atoms with Crippen LogP contribution in [0.25, 0.3) is 0 Å². The van der Waals surface area contributed by atoms with Crippen molar-refractivity contribution in [1.82, 2.24) is 24.6 Å². The van der Waals surface area contributed by atoms with Gasteiger partial charge in [0.25, 0.3) is 5.91 Å². The number of carbonyl (C=O) groups is 2. The summed E-state index contributed by atoms with van der Waals surface area (Å²) < 4.78 is 2.42. The zero-order chi connectivity index (χ0) is 19.6. The first-order chi connectivity index (χ1) is 12.9. The highest BCUT2D eigenvalue weighted by atomic mass is 16.2. The summed E-state index contributed by atoms with van der Waals surface area (Å²) in [4.78, 5) is 39.0. The van der Waals surface area contributed by atoms with E-state index in [0.717, 1.165) is 22.2 Å². The van der Waals surface area contributed by atoms with Crippen LogP contribution in [0.2, 0.25) is 0 Å². The van der Waals surface area contributed by atoms with Crippen LogP contribution in [0.3, 0.4) is 0 Å². The summed E-state index contributed by atoms with van der Waals surface area (Å²) in [5.74, 6) is -0.484. The molecule has 8 nitrogen and oxygen atoms in total. The van der Waals surface area contributed by atoms with Crippen molar-refractivity contribution >= 4 is 11.8 Å². The Morgan fingerprint density at radius 1 is 1.30 bits per heavy atom. The average molecular weight is 371 g/mol. The Kier molecular flexibility index (Phi) is 5.43. The summed E-state index contributed by atoms with van der Waals surface area (Å²) in [6.07, 6.45) is 0.798. The van der Waals surface area contributed by atoms with Gasteiger partial charge in [0.15, 0.2) is 0 Å². The van der Waals surface area contributed by atoms with Crippen LogP contribution in [0.1, 0.15) is 42.0 Å². The first-order valence-corrected chi connectivity index (χ1v) is 9.21. The molecule has 1 aliphatic heterocycles. The van der Waals surface area contributed by atoms with Crippen LogP contribution in [0, 0.1) is 6.92 Å². The molecule has 1 N–H and O–H groups in total. The topological polar surface area (TPSA) is 89.2 Å². The predicted molar refractivity (Wildman–Crippen MR) is 100 cm³/mol. The third kappa shape index (κ3) is 4.10. The fraction of sp³-hybridized carbons (Fsp3) is 0.474. The van der Waals surface area contributed by atoms with Gasteiger partial charge in [0, 0.05) is 25.7 Å². The van der Waals surface area contributed by atoms with Crippen molar-refractivity contribution in [2.24, 2.45) is 0 Å². The van der Waals surface area contributed by atoms with Gasteiger partial charge in [-0.2, -0.15) is 0 Å². The molecule has 0 radical (unpaired) electrons. The Hall–Kier alpha value is -2.90. The van der Waals surface area contributed by atoms with Crippen molar-refractivity contribution in [2.75, 3.05) is 6.54 Å². The molecule has 8 heteroatoms. The van der Waals surface area contributed by atoms with Crippen LogP contribution >= 0.6 is 0 Å². The molecular weight excluding hydrogens is 346 g/mol. The van der Waals surface area contributed by atoms with E-state index in [2.05, 4.69) is 10.4 Å². The van der Waals surface area contributed by atoms with Crippen molar-refractivity contribution in [1.29, 1.82) is 0 Å². The first-order valence-electron chi connectivity index (χ1n) is 9.21. The van der Waals surface area contributed by atoms with Gasteiger partial charge in [0.2, 0.25) is 11.7 Å². The molecule has 1 aromatic carbocycles. The van der Waals surface area contributed by atoms with Gasteiger partial charge in [-0.15, -0.1) is 5.10 Å². The van der Waals surface area contributed by atoms with Gasteiger partial charge in [-0.05, 0) is 25.8 Å². The van der Waals surface area contributed by atoms with E-state index in [0.29, 0.717) is 19.6 Å². The van der Waals surface area contributed by atoms with Gasteiger partial charge < -0.3 is 10.2 Å². The van der Waals surface area contributed by atoms with E-state index in [1.165, 1.54) is 4.57 Å². The Bertz CT molecular complexity index is 914. The Morgan fingerprint density at radius 2 is 2.07 bits per heavy atom. The van der Waals surface area contributed by atoms with Gasteiger partial charge in [0.1, 0.15) is 6.54 Å². The highest BCUT2D eigenvalue weighted by molar-refractivity contribution is 5.91. The summed E-state index contributed by atoms with van der Waals surface area (Å²) in [6.45, 7) is 6.96. The minimum atomic E-state index is -0.423. The Balaban J connectivity index is 1.76. The highest BCUT2D eigenvalue weighted by Crippen LogP contribution is 2.13. The number of rotatable bonds is 6. The van der Waals surface area contributed by atoms with E-state index in [1.807, 2.05) is 45.0 Å². The number of hydrogen-bond acceptors (Lipinski definition) is 4. The normalized spacial score (nSPS) is 14.8. The smallest absolute Gasteiger partial charge is 0.346 e. The lowest BCUT2D eigenvalue weighted by atomic mass is 10.1. The van der Waals surface area contributed by atoms with Crippen molar-refractivity contribution < 1.29 is 9.59 Å². The van der Waals surface area contributed by atoms with E-state index in [9.17, 15) is 14.4 Å². The summed E-state index contributed by atoms with van der Waals surface area (Å²) in [6, 6.07) is 7.99. The summed E-state index contributed by atoms with van der Waals surface area (Å²) >= 11 is 0. The number of fused-ring (bicyclic) bond motifs is 1. The maximum absolute atomic E-state index is 12.8. The number of nitrogens with zero attached hydrogens (tertiary/aromatic N) is 4. The molecule has 0 fully saturated rings. The number of benzene rings is 1. The van der Waals surface area contributed by atoms with Crippen LogP contribution in [0.4, 0.5) is 0 Å². The zero-order valence-electron chi connectivity index (χ0n) is 15.9. The molecule has 0 saturated carbocycles. The van der Waals surface area contributed by atoms with Gasteiger partial charge in [-0.25, -0.2) is 9.48 Å². The van der Waals surface area contributed by atoms with Crippen LogP contribution in [0.5, 0.6) is 0 Å². The van der Waals surface area contributed by atoms with Crippen molar-refractivity contribution in [3.8, 4) is 0 Å². The fourth-order valence-corrected chi connectivity index (χ4v) is 3.11. The molecule has 0 aliphatic carbocycles. The zero-order valence-corrected chi connectivity index (χ0v) is 15.9. The van der Waals surface area contributed by atoms with Gasteiger partial charge in [-0.1, -0.05) is 36.8 Å². The summed E-state index contributed by atoms with van der Waals surface area (Å²) in [5.41, 5.74) is 1.74. The number of aryl methyl sites for hydroxylation is 1. The van der Waals surface area contributed by atoms with Crippen LogP contribution in [-0.2, 0) is 24.4 Å². The second-order valence-corrected chi connectivity index (χ2v) is 7.01. The molecule has 27 heavy (non-hydrogen) atoms. The molecule has 1 atom stereocenters. The highest BCUT2D eigenvalue weighted by Gasteiger charge is 2.30. The van der Waals surface area contributed by atoms with Crippen molar-refractivity contribution in [3.05, 3.63) is 51.7 Å². The number of aromatic nitrogens is 3. The lowest BCUT2D eigenvalue weighted by molar-refractivity contribution is -0.122. The molecule has 0 saturated heterocycles. The van der Waals surface area contributed by atoms with E-state index < -0.39 is 5.69 Å². The van der Waals surface area contributed by atoms with Crippen molar-refractivity contribution in [3.63, 3.8) is 0 Å². The SMILES string of the molecule is CC[C@H](C)NC(=O)Cn1nc2n(c1=O)CCN(Cc1cccc(C)c1)C2=O. The second kappa shape index (κ2) is 7.77. The monoisotopic (exact) mass is 371 g/mol. The largest absolute Gasteiger partial charge is 0.352 e. The minimum absolute atomic E-state index is 0.0249. The van der Waals surface area contributed by atoms with E-state index >= 15 is 0 Å². The Labute approximate surface area is 157 Å². The van der Waals surface area contributed by atoms with Gasteiger partial charge in [0.05, 0.1) is 0 Å². The predicted octanol–water partition coefficient (Wildman–Crippen LogP) is 0.924. The number of nitrogens with one attached hydrogen (secondary N) is 1. The molecule has 144 valence electrons. The quantitative estimate of drug-likeness (QED) is 0.818. The molecule has 3 rings (SSSR count). The molecular formula is C19H25N5O3. The number of carbonyl (C=O) groups excluding carboxylic acids is 2. The van der Waals surface area contributed by atoms with E-state index in [4.69, 9.17) is 0 Å². The molecule has 2 aromatic rings. The maximum atomic E-state index is 12.8. The van der Waals surface area contributed by atoms with Gasteiger partial charge >= 0.3 is 5.69 Å². The molecule has 1 aromatic heterocycles. The average Bonchev–Trinajstić information content (AvgIpc) is 2.94. The maximum Gasteiger partial charge on any atom is 0.346 e. The van der Waals surface area contributed by atoms with E-state index in [-0.39, 0.29) is 30.2 Å². The molecule has 2 heterocycles. The van der Waals surface area contributed by atoms with Crippen LogP contribution < -0.4 is 11.0 Å². The third-order valence-electron chi connectivity index (χ3n) is 4.76. The van der Waals surface area contributed by atoms with Crippen LogP contribution in [0.15, 0.2) is 29.1 Å². The van der Waals surface area contributed by atoms with Crippen molar-refractivity contribution in [2.45, 2.75) is 52.9 Å². The lowest BCUT2D eigenvalue weighted by Crippen LogP contribution is -2.42. The van der Waals surface area contributed by atoms with Gasteiger partial charge in [-0.3, -0.25) is 14.2 Å². The molecule has 0 unspecified atom stereocenters. The molecule has 1 aliphatic rings. The minimum Gasteiger partial charge on any atom is -0.352 e. The first kappa shape index (κ1) is 18.9. The second-order valence-electron chi connectivity index (χ2n) is 7.01. The summed E-state index contributed by atoms with van der Waals surface area (Å²) in [7, 11) is 0. The molecule has 2 amide bonds.